The first kappa shape index (κ1) is 10.5. The normalized spacial score (nSPS) is 27.7. The average molecular weight is 250 g/mol. The van der Waals surface area contributed by atoms with Crippen LogP contribution in [0.15, 0.2) is 0 Å². The summed E-state index contributed by atoms with van der Waals surface area (Å²) in [6.45, 7) is 2.73. The van der Waals surface area contributed by atoms with Gasteiger partial charge in [-0.2, -0.15) is 0 Å². The van der Waals surface area contributed by atoms with Gasteiger partial charge < -0.3 is 10.0 Å². The fourth-order valence-electron chi connectivity index (χ4n) is 1.64. The monoisotopic (exact) mass is 249 g/mol. The van der Waals surface area contributed by atoms with E-state index in [-0.39, 0.29) is 17.6 Å². The van der Waals surface area contributed by atoms with Crippen LogP contribution >= 0.6 is 15.9 Å². The number of alkyl halides is 1. The molecule has 0 aromatic heterocycles. The van der Waals surface area contributed by atoms with Crippen molar-refractivity contribution < 1.29 is 14.7 Å². The second-order valence-electron chi connectivity index (χ2n) is 3.37. The van der Waals surface area contributed by atoms with E-state index in [1.807, 2.05) is 6.92 Å². The lowest BCUT2D eigenvalue weighted by Gasteiger charge is -2.10. The van der Waals surface area contributed by atoms with E-state index in [0.717, 1.165) is 0 Å². The number of Topliss-reactive ketones (excluding diaryl/α,β-unsaturated/α-hetero) is 1. The van der Waals surface area contributed by atoms with Crippen LogP contribution in [0.3, 0.4) is 0 Å². The van der Waals surface area contributed by atoms with Crippen LogP contribution in [0.25, 0.3) is 0 Å². The summed E-state index contributed by atoms with van der Waals surface area (Å²) in [4.78, 5) is 23.2. The third kappa shape index (κ3) is 2.21. The lowest BCUT2D eigenvalue weighted by Crippen LogP contribution is -2.28. The van der Waals surface area contributed by atoms with Crippen LogP contribution in [-0.2, 0) is 4.79 Å². The zero-order valence-electron chi connectivity index (χ0n) is 7.36. The molecule has 5 heteroatoms. The van der Waals surface area contributed by atoms with Gasteiger partial charge >= 0.3 is 6.09 Å². The van der Waals surface area contributed by atoms with E-state index >= 15 is 0 Å². The van der Waals surface area contributed by atoms with Gasteiger partial charge in [-0.15, -0.1) is 0 Å². The van der Waals surface area contributed by atoms with Crippen molar-refractivity contribution in [2.24, 2.45) is 11.8 Å². The minimum atomic E-state index is -0.934. The Morgan fingerprint density at radius 3 is 2.54 bits per heavy atom. The first-order chi connectivity index (χ1) is 6.06. The van der Waals surface area contributed by atoms with Crippen LogP contribution in [0, 0.1) is 11.8 Å². The number of amides is 1. The molecule has 0 spiro atoms. The number of nitrogens with zero attached hydrogens (tertiary/aromatic N) is 1. The number of ketones is 1. The molecular weight excluding hydrogens is 238 g/mol. The molecule has 0 radical (unpaired) electrons. The molecule has 0 aliphatic carbocycles. The van der Waals surface area contributed by atoms with Gasteiger partial charge in [-0.3, -0.25) is 4.79 Å². The number of hydrogen-bond acceptors (Lipinski definition) is 2. The maximum Gasteiger partial charge on any atom is 0.407 e. The molecule has 0 aromatic carbocycles. The van der Waals surface area contributed by atoms with Crippen molar-refractivity contribution >= 4 is 27.8 Å². The Hall–Kier alpha value is -0.580. The largest absolute Gasteiger partial charge is 0.465 e. The highest BCUT2D eigenvalue weighted by Crippen LogP contribution is 2.24. The summed E-state index contributed by atoms with van der Waals surface area (Å²) in [6.07, 6.45) is -0.934. The molecule has 0 bridgehead atoms. The third-order valence-corrected chi connectivity index (χ3v) is 2.98. The first-order valence-corrected chi connectivity index (χ1v) is 5.25. The SMILES string of the molecule is CC1CN(C(=O)O)CC1C(=O)CBr. The number of rotatable bonds is 2. The van der Waals surface area contributed by atoms with Gasteiger partial charge in [-0.05, 0) is 5.92 Å². The highest BCUT2D eigenvalue weighted by Gasteiger charge is 2.35. The summed E-state index contributed by atoms with van der Waals surface area (Å²) < 4.78 is 0. The van der Waals surface area contributed by atoms with E-state index in [4.69, 9.17) is 5.11 Å². The summed E-state index contributed by atoms with van der Waals surface area (Å²) >= 11 is 3.09. The molecule has 1 saturated heterocycles. The highest BCUT2D eigenvalue weighted by molar-refractivity contribution is 9.09. The van der Waals surface area contributed by atoms with Gasteiger partial charge in [0.15, 0.2) is 0 Å². The lowest BCUT2D eigenvalue weighted by atomic mass is 9.95. The van der Waals surface area contributed by atoms with Crippen molar-refractivity contribution in [1.82, 2.24) is 4.90 Å². The van der Waals surface area contributed by atoms with E-state index in [0.29, 0.717) is 18.4 Å². The summed E-state index contributed by atoms with van der Waals surface area (Å²) in [5, 5.41) is 9.02. The molecule has 13 heavy (non-hydrogen) atoms. The molecule has 74 valence electrons. The topological polar surface area (TPSA) is 57.6 Å². The summed E-state index contributed by atoms with van der Waals surface area (Å²) in [7, 11) is 0. The van der Waals surface area contributed by atoms with Crippen molar-refractivity contribution in [3.05, 3.63) is 0 Å². The summed E-state index contributed by atoms with van der Waals surface area (Å²) in [5.41, 5.74) is 0. The number of carbonyl (C=O) groups excluding carboxylic acids is 1. The van der Waals surface area contributed by atoms with Crippen LogP contribution in [-0.4, -0.2) is 40.3 Å². The molecule has 1 amide bonds. The van der Waals surface area contributed by atoms with Crippen LogP contribution < -0.4 is 0 Å². The first-order valence-electron chi connectivity index (χ1n) is 4.12. The lowest BCUT2D eigenvalue weighted by molar-refractivity contribution is -0.120. The van der Waals surface area contributed by atoms with Crippen molar-refractivity contribution in [2.75, 3.05) is 18.4 Å². The molecule has 4 nitrogen and oxygen atoms in total. The third-order valence-electron chi connectivity index (χ3n) is 2.43. The van der Waals surface area contributed by atoms with Gasteiger partial charge in [0.25, 0.3) is 0 Å². The molecule has 1 aliphatic heterocycles. The minimum absolute atomic E-state index is 0.0938. The van der Waals surface area contributed by atoms with Gasteiger partial charge in [0, 0.05) is 19.0 Å². The molecule has 1 heterocycles. The number of hydrogen-bond donors (Lipinski definition) is 1. The Kier molecular flexibility index (Phi) is 3.30. The predicted molar refractivity (Wildman–Crippen MR) is 51.1 cm³/mol. The molecule has 2 atom stereocenters. The van der Waals surface area contributed by atoms with Crippen LogP contribution in [0.5, 0.6) is 0 Å². The second-order valence-corrected chi connectivity index (χ2v) is 3.93. The molecule has 0 saturated carbocycles. The quantitative estimate of drug-likeness (QED) is 0.749. The smallest absolute Gasteiger partial charge is 0.407 e. The summed E-state index contributed by atoms with van der Waals surface area (Å²) in [6, 6.07) is 0. The number of likely N-dealkylation sites (tertiary alicyclic amines) is 1. The highest BCUT2D eigenvalue weighted by atomic mass is 79.9. The number of carbonyl (C=O) groups is 2. The van der Waals surface area contributed by atoms with Crippen molar-refractivity contribution in [2.45, 2.75) is 6.92 Å². The Bertz CT molecular complexity index is 231. The molecule has 1 N–H and O–H groups in total. The van der Waals surface area contributed by atoms with E-state index < -0.39 is 6.09 Å². The van der Waals surface area contributed by atoms with Crippen molar-refractivity contribution in [3.63, 3.8) is 0 Å². The van der Waals surface area contributed by atoms with Crippen molar-refractivity contribution in [1.29, 1.82) is 0 Å². The Labute approximate surface area is 85.0 Å². The Balaban J connectivity index is 2.61. The van der Waals surface area contributed by atoms with Crippen molar-refractivity contribution in [3.8, 4) is 0 Å². The Morgan fingerprint density at radius 1 is 1.54 bits per heavy atom. The maximum atomic E-state index is 11.3. The molecule has 2 unspecified atom stereocenters. The number of halogens is 1. The van der Waals surface area contributed by atoms with Crippen LogP contribution in [0.4, 0.5) is 4.79 Å². The molecule has 1 rings (SSSR count). The fraction of sp³-hybridized carbons (Fsp3) is 0.750. The molecule has 1 aliphatic rings. The number of carboxylic acid groups (broad SMARTS) is 1. The van der Waals surface area contributed by atoms with Crippen LogP contribution in [0.1, 0.15) is 6.92 Å². The minimum Gasteiger partial charge on any atom is -0.465 e. The zero-order valence-corrected chi connectivity index (χ0v) is 8.95. The molecule has 1 fully saturated rings. The zero-order chi connectivity index (χ0) is 10.0. The molecule has 0 aromatic rings. The predicted octanol–water partition coefficient (Wildman–Crippen LogP) is 1.20. The summed E-state index contributed by atoms with van der Waals surface area (Å²) in [5.74, 6) is 0.105. The average Bonchev–Trinajstić information content (AvgIpc) is 2.46. The Morgan fingerprint density at radius 2 is 2.15 bits per heavy atom. The fourth-order valence-corrected chi connectivity index (χ4v) is 2.06. The maximum absolute atomic E-state index is 11.3. The van der Waals surface area contributed by atoms with Gasteiger partial charge in [-0.1, -0.05) is 22.9 Å². The van der Waals surface area contributed by atoms with E-state index in [2.05, 4.69) is 15.9 Å². The van der Waals surface area contributed by atoms with Gasteiger partial charge in [0.05, 0.1) is 5.33 Å². The molecular formula is C8H12BrNO3. The van der Waals surface area contributed by atoms with Crippen LogP contribution in [0.2, 0.25) is 0 Å². The second kappa shape index (κ2) is 4.09. The van der Waals surface area contributed by atoms with E-state index in [1.165, 1.54) is 4.90 Å². The van der Waals surface area contributed by atoms with Gasteiger partial charge in [0.2, 0.25) is 0 Å². The standard InChI is InChI=1S/C8H12BrNO3/c1-5-3-10(8(12)13)4-6(5)7(11)2-9/h5-6H,2-4H2,1H3,(H,12,13). The van der Waals surface area contributed by atoms with Gasteiger partial charge in [-0.25, -0.2) is 4.79 Å². The van der Waals surface area contributed by atoms with E-state index in [9.17, 15) is 9.59 Å². The van der Waals surface area contributed by atoms with Gasteiger partial charge in [0.1, 0.15) is 5.78 Å². The van der Waals surface area contributed by atoms with E-state index in [1.54, 1.807) is 0 Å².